The van der Waals surface area contributed by atoms with Gasteiger partial charge in [-0.25, -0.2) is 4.39 Å². The molecule has 1 aromatic rings. The Morgan fingerprint density at radius 1 is 1.37 bits per heavy atom. The number of hydrogen-bond donors (Lipinski definition) is 1. The molecular weight excluding hydrogens is 262 g/mol. The lowest BCUT2D eigenvalue weighted by Crippen LogP contribution is -2.38. The Morgan fingerprint density at radius 3 is 2.42 bits per heavy atom. The molecule has 0 fully saturated rings. The first kappa shape index (κ1) is 14.7. The van der Waals surface area contributed by atoms with Crippen LogP contribution >= 0.6 is 0 Å². The van der Waals surface area contributed by atoms with Gasteiger partial charge in [0.05, 0.1) is 11.0 Å². The first-order valence-corrected chi connectivity index (χ1v) is 5.19. The van der Waals surface area contributed by atoms with Crippen molar-refractivity contribution in [3.05, 3.63) is 39.4 Å². The minimum absolute atomic E-state index is 0.417. The number of amides is 1. The summed E-state index contributed by atoms with van der Waals surface area (Å²) in [6, 6.07) is 0.287. The molecular formula is C11H10F2N2O4. The second-order valence-electron chi connectivity index (χ2n) is 3.82. The number of rotatable bonds is 4. The molecule has 1 aromatic carbocycles. The molecule has 1 rings (SSSR count). The van der Waals surface area contributed by atoms with Crippen molar-refractivity contribution in [2.75, 3.05) is 0 Å². The fraction of sp³-hybridized carbons (Fsp3) is 0.273. The maximum absolute atomic E-state index is 13.7. The minimum Gasteiger partial charge on any atom is -0.342 e. The first-order chi connectivity index (χ1) is 8.75. The third-order valence-electron chi connectivity index (χ3n) is 2.45. The quantitative estimate of drug-likeness (QED) is 0.665. The highest BCUT2D eigenvalue weighted by Crippen LogP contribution is 2.23. The van der Waals surface area contributed by atoms with Crippen LogP contribution in [0.1, 0.15) is 24.2 Å². The smallest absolute Gasteiger partial charge is 0.305 e. The van der Waals surface area contributed by atoms with E-state index in [0.29, 0.717) is 12.1 Å². The van der Waals surface area contributed by atoms with E-state index in [2.05, 4.69) is 5.32 Å². The molecule has 1 N–H and O–H groups in total. The largest absolute Gasteiger partial charge is 0.342 e. The van der Waals surface area contributed by atoms with Crippen molar-refractivity contribution in [1.29, 1.82) is 0 Å². The molecule has 1 amide bonds. The molecule has 1 atom stereocenters. The highest BCUT2D eigenvalue weighted by molar-refractivity contribution is 5.98. The molecule has 0 aliphatic heterocycles. The van der Waals surface area contributed by atoms with Crippen LogP contribution in [0.5, 0.6) is 0 Å². The average Bonchev–Trinajstić information content (AvgIpc) is 2.27. The Kier molecular flexibility index (Phi) is 4.26. The summed E-state index contributed by atoms with van der Waals surface area (Å²) in [4.78, 5) is 32.0. The van der Waals surface area contributed by atoms with E-state index in [9.17, 15) is 28.5 Å². The van der Waals surface area contributed by atoms with Gasteiger partial charge in [0, 0.05) is 6.07 Å². The number of ketones is 1. The summed E-state index contributed by atoms with van der Waals surface area (Å²) in [6.45, 7) is 2.51. The Labute approximate surface area is 106 Å². The van der Waals surface area contributed by atoms with Crippen molar-refractivity contribution in [3.8, 4) is 0 Å². The van der Waals surface area contributed by atoms with Crippen molar-refractivity contribution >= 4 is 17.4 Å². The summed E-state index contributed by atoms with van der Waals surface area (Å²) in [6.07, 6.45) is 0. The van der Waals surface area contributed by atoms with Crippen LogP contribution in [0.25, 0.3) is 0 Å². The monoisotopic (exact) mass is 272 g/mol. The summed E-state index contributed by atoms with van der Waals surface area (Å²) in [5.74, 6) is -4.45. The van der Waals surface area contributed by atoms with Crippen LogP contribution in [0.2, 0.25) is 0 Å². The predicted molar refractivity (Wildman–Crippen MR) is 60.6 cm³/mol. The SMILES string of the molecule is CC(=O)C(C)NC(=O)c1c(F)ccc([N+](=O)[O-])c1F. The van der Waals surface area contributed by atoms with E-state index in [1.54, 1.807) is 0 Å². The second kappa shape index (κ2) is 5.51. The van der Waals surface area contributed by atoms with Crippen molar-refractivity contribution in [2.24, 2.45) is 0 Å². The van der Waals surface area contributed by atoms with Crippen LogP contribution in [0.4, 0.5) is 14.5 Å². The molecule has 0 aliphatic rings. The van der Waals surface area contributed by atoms with E-state index < -0.39 is 45.5 Å². The van der Waals surface area contributed by atoms with Crippen LogP contribution in [0.3, 0.4) is 0 Å². The van der Waals surface area contributed by atoms with Gasteiger partial charge in [-0.3, -0.25) is 19.7 Å². The van der Waals surface area contributed by atoms with E-state index in [1.165, 1.54) is 13.8 Å². The van der Waals surface area contributed by atoms with Gasteiger partial charge in [0.1, 0.15) is 11.4 Å². The lowest BCUT2D eigenvalue weighted by atomic mass is 10.1. The summed E-state index contributed by atoms with van der Waals surface area (Å²) in [5.41, 5.74) is -2.09. The van der Waals surface area contributed by atoms with Crippen LogP contribution in [0.15, 0.2) is 12.1 Å². The van der Waals surface area contributed by atoms with E-state index in [-0.39, 0.29) is 0 Å². The zero-order valence-electron chi connectivity index (χ0n) is 10.1. The lowest BCUT2D eigenvalue weighted by Gasteiger charge is -2.11. The zero-order chi connectivity index (χ0) is 14.7. The van der Waals surface area contributed by atoms with Gasteiger partial charge in [0.2, 0.25) is 5.82 Å². The molecule has 0 aliphatic carbocycles. The fourth-order valence-electron chi connectivity index (χ4n) is 1.26. The first-order valence-electron chi connectivity index (χ1n) is 5.19. The number of Topliss-reactive ketones (excluding diaryl/α,β-unsaturated/α-hetero) is 1. The van der Waals surface area contributed by atoms with Gasteiger partial charge in [-0.2, -0.15) is 4.39 Å². The molecule has 0 radical (unpaired) electrons. The van der Waals surface area contributed by atoms with Crippen LogP contribution in [0, 0.1) is 21.7 Å². The van der Waals surface area contributed by atoms with E-state index in [1.807, 2.05) is 0 Å². The van der Waals surface area contributed by atoms with Gasteiger partial charge in [0.25, 0.3) is 5.91 Å². The Balaban J connectivity index is 3.19. The molecule has 19 heavy (non-hydrogen) atoms. The number of nitrogens with one attached hydrogen (secondary N) is 1. The van der Waals surface area contributed by atoms with Gasteiger partial charge in [0.15, 0.2) is 5.78 Å². The average molecular weight is 272 g/mol. The summed E-state index contributed by atoms with van der Waals surface area (Å²) in [7, 11) is 0. The Hall–Kier alpha value is -2.38. The number of nitro benzene ring substituents is 1. The number of nitrogens with zero attached hydrogens (tertiary/aromatic N) is 1. The lowest BCUT2D eigenvalue weighted by molar-refractivity contribution is -0.387. The summed E-state index contributed by atoms with van der Waals surface area (Å²) in [5, 5.41) is 12.5. The molecule has 102 valence electrons. The number of benzene rings is 1. The van der Waals surface area contributed by atoms with Crippen molar-refractivity contribution < 1.29 is 23.3 Å². The topological polar surface area (TPSA) is 89.3 Å². The second-order valence-corrected chi connectivity index (χ2v) is 3.82. The molecule has 0 heterocycles. The van der Waals surface area contributed by atoms with Crippen molar-refractivity contribution in [3.63, 3.8) is 0 Å². The molecule has 0 aromatic heterocycles. The van der Waals surface area contributed by atoms with Gasteiger partial charge < -0.3 is 5.32 Å². The molecule has 0 spiro atoms. The normalized spacial score (nSPS) is 11.8. The van der Waals surface area contributed by atoms with E-state index >= 15 is 0 Å². The Morgan fingerprint density at radius 2 is 1.95 bits per heavy atom. The number of carbonyl (C=O) groups is 2. The third kappa shape index (κ3) is 3.09. The fourth-order valence-corrected chi connectivity index (χ4v) is 1.26. The number of carbonyl (C=O) groups excluding carboxylic acids is 2. The van der Waals surface area contributed by atoms with E-state index in [0.717, 1.165) is 0 Å². The summed E-state index contributed by atoms with van der Waals surface area (Å²) < 4.78 is 27.0. The molecule has 0 bridgehead atoms. The maximum Gasteiger partial charge on any atom is 0.305 e. The molecule has 0 saturated heterocycles. The van der Waals surface area contributed by atoms with Gasteiger partial charge in [-0.05, 0) is 19.9 Å². The minimum atomic E-state index is -1.57. The van der Waals surface area contributed by atoms with Gasteiger partial charge >= 0.3 is 5.69 Å². The zero-order valence-corrected chi connectivity index (χ0v) is 10.1. The highest BCUT2D eigenvalue weighted by Gasteiger charge is 2.27. The Bertz CT molecular complexity index is 560. The van der Waals surface area contributed by atoms with Crippen LogP contribution < -0.4 is 5.32 Å². The number of nitro groups is 1. The molecule has 6 nitrogen and oxygen atoms in total. The standard InChI is InChI=1S/C11H10F2N2O4/c1-5(6(2)16)14-11(17)9-7(12)3-4-8(10(9)13)15(18)19/h3-5H,1-2H3,(H,14,17). The highest BCUT2D eigenvalue weighted by atomic mass is 19.1. The third-order valence-corrected chi connectivity index (χ3v) is 2.45. The van der Waals surface area contributed by atoms with Crippen molar-refractivity contribution in [1.82, 2.24) is 5.32 Å². The predicted octanol–water partition coefficient (Wildman–Crippen LogP) is 1.58. The molecule has 0 saturated carbocycles. The van der Waals surface area contributed by atoms with E-state index in [4.69, 9.17) is 0 Å². The van der Waals surface area contributed by atoms with Gasteiger partial charge in [-0.15, -0.1) is 0 Å². The summed E-state index contributed by atoms with van der Waals surface area (Å²) >= 11 is 0. The van der Waals surface area contributed by atoms with Crippen molar-refractivity contribution in [2.45, 2.75) is 19.9 Å². The molecule has 1 unspecified atom stereocenters. The van der Waals surface area contributed by atoms with Crippen LogP contribution in [-0.2, 0) is 4.79 Å². The maximum atomic E-state index is 13.7. The molecule has 8 heteroatoms. The number of hydrogen-bond acceptors (Lipinski definition) is 4. The van der Waals surface area contributed by atoms with Gasteiger partial charge in [-0.1, -0.05) is 0 Å². The number of halogens is 2. The van der Waals surface area contributed by atoms with Crippen LogP contribution in [-0.4, -0.2) is 22.7 Å².